The molecule has 0 amide bonds. The monoisotopic (exact) mass is 517 g/mol. The van der Waals surface area contributed by atoms with Crippen molar-refractivity contribution in [2.24, 2.45) is 16.8 Å². The minimum absolute atomic E-state index is 0. The van der Waals surface area contributed by atoms with Crippen LogP contribution in [-0.4, -0.2) is 66.7 Å². The SMILES string of the molecule is CN=C(NCCc1c(C)noc1C)N1CCN(C2CCC(C(C)C)CC2)CC1.I. The Morgan fingerprint density at radius 2 is 1.79 bits per heavy atom. The summed E-state index contributed by atoms with van der Waals surface area (Å²) in [6, 6.07) is 0.798. The maximum absolute atomic E-state index is 5.26. The van der Waals surface area contributed by atoms with E-state index >= 15 is 0 Å². The third kappa shape index (κ3) is 6.32. The summed E-state index contributed by atoms with van der Waals surface area (Å²) < 4.78 is 5.26. The van der Waals surface area contributed by atoms with Crippen LogP contribution in [0.2, 0.25) is 0 Å². The molecule has 0 atom stereocenters. The number of nitrogens with zero attached hydrogens (tertiary/aromatic N) is 4. The molecule has 3 rings (SSSR count). The summed E-state index contributed by atoms with van der Waals surface area (Å²) in [5.41, 5.74) is 2.21. The van der Waals surface area contributed by atoms with E-state index in [9.17, 15) is 0 Å². The molecule has 2 heterocycles. The van der Waals surface area contributed by atoms with Gasteiger partial charge in [0.1, 0.15) is 5.76 Å². The van der Waals surface area contributed by atoms with Crippen molar-refractivity contribution in [2.75, 3.05) is 39.8 Å². The van der Waals surface area contributed by atoms with E-state index in [1.165, 1.54) is 31.2 Å². The molecule has 0 spiro atoms. The average molecular weight is 518 g/mol. The standard InChI is InChI=1S/C22H39N5O.HI/c1-16(2)19-6-8-20(9-7-19)26-12-14-27(15-13-26)22(23-5)24-11-10-21-17(3)25-28-18(21)4;/h16,19-20H,6-15H2,1-5H3,(H,23,24);1H. The van der Waals surface area contributed by atoms with Crippen LogP contribution in [0.1, 0.15) is 56.5 Å². The van der Waals surface area contributed by atoms with Gasteiger partial charge in [0.25, 0.3) is 0 Å². The van der Waals surface area contributed by atoms with E-state index in [1.807, 2.05) is 20.9 Å². The van der Waals surface area contributed by atoms with Crippen molar-refractivity contribution >= 4 is 29.9 Å². The summed E-state index contributed by atoms with van der Waals surface area (Å²) in [6.45, 7) is 14.1. The number of hydrogen-bond donors (Lipinski definition) is 1. The molecule has 0 radical (unpaired) electrons. The van der Waals surface area contributed by atoms with Crippen molar-refractivity contribution < 1.29 is 4.52 Å². The van der Waals surface area contributed by atoms with Crippen molar-refractivity contribution in [3.8, 4) is 0 Å². The lowest BCUT2D eigenvalue weighted by Gasteiger charge is -2.43. The van der Waals surface area contributed by atoms with Crippen molar-refractivity contribution in [3.63, 3.8) is 0 Å². The van der Waals surface area contributed by atoms with Crippen molar-refractivity contribution in [2.45, 2.75) is 65.8 Å². The Labute approximate surface area is 193 Å². The first-order valence-electron chi connectivity index (χ1n) is 11.1. The number of halogens is 1. The van der Waals surface area contributed by atoms with Crippen LogP contribution < -0.4 is 5.32 Å². The van der Waals surface area contributed by atoms with E-state index in [2.05, 4.69) is 39.1 Å². The summed E-state index contributed by atoms with van der Waals surface area (Å²) in [6.07, 6.45) is 6.50. The molecule has 1 aromatic rings. The van der Waals surface area contributed by atoms with Gasteiger partial charge in [-0.2, -0.15) is 0 Å². The molecule has 7 heteroatoms. The van der Waals surface area contributed by atoms with Gasteiger partial charge in [-0.15, -0.1) is 24.0 Å². The Morgan fingerprint density at radius 3 is 2.31 bits per heavy atom. The molecule has 1 N–H and O–H groups in total. The molecule has 2 aliphatic rings. The Bertz CT molecular complexity index is 624. The van der Waals surface area contributed by atoms with Gasteiger partial charge < -0.3 is 14.7 Å². The van der Waals surface area contributed by atoms with E-state index in [0.717, 1.165) is 74.4 Å². The number of aliphatic imine (C=N–C) groups is 1. The van der Waals surface area contributed by atoms with Crippen molar-refractivity contribution in [3.05, 3.63) is 17.0 Å². The zero-order valence-electron chi connectivity index (χ0n) is 18.9. The second-order valence-electron chi connectivity index (χ2n) is 8.86. The zero-order chi connectivity index (χ0) is 20.1. The number of hydrogen-bond acceptors (Lipinski definition) is 4. The highest BCUT2D eigenvalue weighted by atomic mass is 127. The van der Waals surface area contributed by atoms with Crippen LogP contribution in [0.4, 0.5) is 0 Å². The molecule has 1 aromatic heterocycles. The van der Waals surface area contributed by atoms with E-state index < -0.39 is 0 Å². The Kier molecular flexibility index (Phi) is 9.72. The largest absolute Gasteiger partial charge is 0.361 e. The molecule has 1 saturated carbocycles. The fourth-order valence-corrected chi connectivity index (χ4v) is 4.92. The van der Waals surface area contributed by atoms with Gasteiger partial charge in [-0.3, -0.25) is 9.89 Å². The summed E-state index contributed by atoms with van der Waals surface area (Å²) >= 11 is 0. The summed E-state index contributed by atoms with van der Waals surface area (Å²) in [7, 11) is 1.89. The van der Waals surface area contributed by atoms with Gasteiger partial charge in [0.15, 0.2) is 5.96 Å². The first kappa shape index (κ1) is 24.4. The number of rotatable bonds is 5. The van der Waals surface area contributed by atoms with E-state index in [-0.39, 0.29) is 24.0 Å². The fraction of sp³-hybridized carbons (Fsp3) is 0.818. The third-order valence-corrected chi connectivity index (χ3v) is 6.87. The van der Waals surface area contributed by atoms with Crippen LogP contribution in [0.25, 0.3) is 0 Å². The van der Waals surface area contributed by atoms with Crippen LogP contribution in [0.15, 0.2) is 9.52 Å². The predicted octanol–water partition coefficient (Wildman–Crippen LogP) is 3.86. The number of piperazine rings is 1. The predicted molar refractivity (Wildman–Crippen MR) is 130 cm³/mol. The van der Waals surface area contributed by atoms with Crippen LogP contribution in [0.5, 0.6) is 0 Å². The summed E-state index contributed by atoms with van der Waals surface area (Å²) in [5, 5.41) is 7.57. The number of aromatic nitrogens is 1. The zero-order valence-corrected chi connectivity index (χ0v) is 21.2. The molecule has 166 valence electrons. The fourth-order valence-electron chi connectivity index (χ4n) is 4.92. The van der Waals surface area contributed by atoms with Gasteiger partial charge in [-0.25, -0.2) is 0 Å². The van der Waals surface area contributed by atoms with Gasteiger partial charge >= 0.3 is 0 Å². The van der Waals surface area contributed by atoms with Gasteiger partial charge in [0.05, 0.1) is 5.69 Å². The second kappa shape index (κ2) is 11.5. The molecule has 1 aliphatic carbocycles. The lowest BCUT2D eigenvalue weighted by atomic mass is 9.79. The minimum atomic E-state index is 0. The molecule has 0 aromatic carbocycles. The van der Waals surface area contributed by atoms with Gasteiger partial charge in [0.2, 0.25) is 0 Å². The van der Waals surface area contributed by atoms with Gasteiger partial charge in [0, 0.05) is 51.4 Å². The van der Waals surface area contributed by atoms with Crippen LogP contribution in [-0.2, 0) is 6.42 Å². The number of guanidine groups is 1. The van der Waals surface area contributed by atoms with E-state index in [1.54, 1.807) is 0 Å². The highest BCUT2D eigenvalue weighted by Crippen LogP contribution is 2.32. The van der Waals surface area contributed by atoms with Gasteiger partial charge in [-0.05, 0) is 57.8 Å². The molecule has 1 aliphatic heterocycles. The minimum Gasteiger partial charge on any atom is -0.361 e. The highest BCUT2D eigenvalue weighted by Gasteiger charge is 2.29. The van der Waals surface area contributed by atoms with Crippen LogP contribution >= 0.6 is 24.0 Å². The molecule has 29 heavy (non-hydrogen) atoms. The average Bonchev–Trinajstić information content (AvgIpc) is 3.03. The molecule has 1 saturated heterocycles. The molecule has 0 unspecified atom stereocenters. The van der Waals surface area contributed by atoms with Crippen LogP contribution in [0.3, 0.4) is 0 Å². The normalized spacial score (nSPS) is 23.9. The van der Waals surface area contributed by atoms with Crippen molar-refractivity contribution in [1.82, 2.24) is 20.3 Å². The number of aryl methyl sites for hydroxylation is 2. The maximum atomic E-state index is 5.26. The Hall–Kier alpha value is -0.830. The first-order chi connectivity index (χ1) is 13.5. The van der Waals surface area contributed by atoms with Crippen molar-refractivity contribution in [1.29, 1.82) is 0 Å². The Morgan fingerprint density at radius 1 is 1.14 bits per heavy atom. The van der Waals surface area contributed by atoms with Gasteiger partial charge in [-0.1, -0.05) is 19.0 Å². The van der Waals surface area contributed by atoms with Crippen LogP contribution in [0, 0.1) is 25.7 Å². The Balaban J connectivity index is 0.00000300. The maximum Gasteiger partial charge on any atom is 0.193 e. The lowest BCUT2D eigenvalue weighted by Crippen LogP contribution is -2.55. The van der Waals surface area contributed by atoms with E-state index in [4.69, 9.17) is 4.52 Å². The first-order valence-corrected chi connectivity index (χ1v) is 11.1. The lowest BCUT2D eigenvalue weighted by molar-refractivity contribution is 0.0864. The summed E-state index contributed by atoms with van der Waals surface area (Å²) in [5.74, 6) is 3.74. The summed E-state index contributed by atoms with van der Waals surface area (Å²) in [4.78, 5) is 9.65. The highest BCUT2D eigenvalue weighted by molar-refractivity contribution is 14.0. The smallest absolute Gasteiger partial charge is 0.193 e. The molecular formula is C22H40IN5O. The van der Waals surface area contributed by atoms with E-state index in [0.29, 0.717) is 0 Å². The molecule has 2 fully saturated rings. The molecule has 0 bridgehead atoms. The second-order valence-corrected chi connectivity index (χ2v) is 8.86. The molecular weight excluding hydrogens is 477 g/mol. The molecule has 6 nitrogen and oxygen atoms in total. The number of nitrogens with one attached hydrogen (secondary N) is 1. The quantitative estimate of drug-likeness (QED) is 0.365. The topological polar surface area (TPSA) is 56.9 Å². The third-order valence-electron chi connectivity index (χ3n) is 6.87.